The molecule has 4 heteroatoms. The number of rotatable bonds is 4. The molecule has 0 aliphatic carbocycles. The molecule has 2 rings (SSSR count). The summed E-state index contributed by atoms with van der Waals surface area (Å²) in [5.74, 6) is 6.52. The highest BCUT2D eigenvalue weighted by molar-refractivity contribution is 7.98. The lowest BCUT2D eigenvalue weighted by Gasteiger charge is -2.06. The van der Waals surface area contributed by atoms with E-state index in [-0.39, 0.29) is 12.4 Å². The zero-order valence-electron chi connectivity index (χ0n) is 11.6. The van der Waals surface area contributed by atoms with Crippen molar-refractivity contribution in [2.75, 3.05) is 13.7 Å². The molecule has 0 radical (unpaired) electrons. The summed E-state index contributed by atoms with van der Waals surface area (Å²) in [5, 5.41) is 8.76. The number of ether oxygens (including phenoxy) is 1. The number of hydrogen-bond donors (Lipinski definition) is 1. The van der Waals surface area contributed by atoms with E-state index in [1.54, 1.807) is 24.9 Å². The Morgan fingerprint density at radius 1 is 1.19 bits per heavy atom. The molecule has 2 aromatic rings. The van der Waals surface area contributed by atoms with Crippen LogP contribution in [0.15, 0.2) is 47.4 Å². The highest BCUT2D eigenvalue weighted by atomic mass is 32.2. The third-order valence-electron chi connectivity index (χ3n) is 2.83. The zero-order valence-corrected chi connectivity index (χ0v) is 12.4. The molecule has 0 atom stereocenters. The minimum atomic E-state index is -0.324. The lowest BCUT2D eigenvalue weighted by atomic mass is 10.1. The largest absolute Gasteiger partial charge is 0.497 e. The number of benzene rings is 2. The average molecular weight is 302 g/mol. The van der Waals surface area contributed by atoms with Gasteiger partial charge in [0.25, 0.3) is 0 Å². The van der Waals surface area contributed by atoms with Gasteiger partial charge in [-0.2, -0.15) is 0 Å². The summed E-state index contributed by atoms with van der Waals surface area (Å²) < 4.78 is 18.4. The summed E-state index contributed by atoms with van der Waals surface area (Å²) in [4.78, 5) is 1.10. The molecule has 0 heterocycles. The topological polar surface area (TPSA) is 29.5 Å². The van der Waals surface area contributed by atoms with Gasteiger partial charge in [-0.15, -0.1) is 11.8 Å². The molecule has 2 nitrogen and oxygen atoms in total. The summed E-state index contributed by atoms with van der Waals surface area (Å²) >= 11 is 1.64. The molecule has 108 valence electrons. The molecule has 0 unspecified atom stereocenters. The number of methoxy groups -OCH3 is 1. The first-order chi connectivity index (χ1) is 10.2. The van der Waals surface area contributed by atoms with E-state index in [0.717, 1.165) is 16.2 Å². The standard InChI is InChI=1S/C17H15FO2S/c1-20-16-6-8-17(9-7-16)21-12-14-4-5-15(18)11-13(14)3-2-10-19/h4-9,11,19H,10,12H2,1H3. The fourth-order valence-electron chi connectivity index (χ4n) is 1.76. The van der Waals surface area contributed by atoms with Gasteiger partial charge in [-0.3, -0.25) is 0 Å². The smallest absolute Gasteiger partial charge is 0.124 e. The van der Waals surface area contributed by atoms with Crippen molar-refractivity contribution in [3.63, 3.8) is 0 Å². The van der Waals surface area contributed by atoms with Crippen LogP contribution >= 0.6 is 11.8 Å². The SMILES string of the molecule is COc1ccc(SCc2ccc(F)cc2C#CCO)cc1. The Bertz CT molecular complexity index is 657. The Labute approximate surface area is 128 Å². The maximum atomic E-state index is 13.3. The fraction of sp³-hybridized carbons (Fsp3) is 0.176. The molecule has 0 saturated carbocycles. The number of hydrogen-bond acceptors (Lipinski definition) is 3. The summed E-state index contributed by atoms with van der Waals surface area (Å²) in [6, 6.07) is 12.3. The van der Waals surface area contributed by atoms with Gasteiger partial charge in [0.2, 0.25) is 0 Å². The van der Waals surface area contributed by atoms with Gasteiger partial charge in [0.05, 0.1) is 7.11 Å². The van der Waals surface area contributed by atoms with Crippen LogP contribution in [0.2, 0.25) is 0 Å². The molecule has 0 fully saturated rings. The van der Waals surface area contributed by atoms with Crippen LogP contribution in [0.3, 0.4) is 0 Å². The molecule has 2 aromatic carbocycles. The second-order valence-corrected chi connectivity index (χ2v) is 5.27. The molecular weight excluding hydrogens is 287 g/mol. The fourth-order valence-corrected chi connectivity index (χ4v) is 2.66. The lowest BCUT2D eigenvalue weighted by Crippen LogP contribution is -1.90. The van der Waals surface area contributed by atoms with Gasteiger partial charge < -0.3 is 9.84 Å². The third kappa shape index (κ3) is 4.52. The Morgan fingerprint density at radius 2 is 1.95 bits per heavy atom. The average Bonchev–Trinajstić information content (AvgIpc) is 2.52. The molecule has 0 aliphatic rings. The summed E-state index contributed by atoms with van der Waals surface area (Å²) in [6.07, 6.45) is 0. The lowest BCUT2D eigenvalue weighted by molar-refractivity contribution is 0.350. The van der Waals surface area contributed by atoms with Crippen molar-refractivity contribution in [3.8, 4) is 17.6 Å². The first-order valence-electron chi connectivity index (χ1n) is 6.38. The van der Waals surface area contributed by atoms with Crippen molar-refractivity contribution in [1.82, 2.24) is 0 Å². The predicted molar refractivity (Wildman–Crippen MR) is 82.9 cm³/mol. The number of halogens is 1. The van der Waals surface area contributed by atoms with E-state index in [0.29, 0.717) is 11.3 Å². The molecule has 0 bridgehead atoms. The zero-order chi connectivity index (χ0) is 15.1. The van der Waals surface area contributed by atoms with Crippen molar-refractivity contribution >= 4 is 11.8 Å². The Kier molecular flexibility index (Phi) is 5.68. The van der Waals surface area contributed by atoms with Gasteiger partial charge in [-0.1, -0.05) is 17.9 Å². The van der Waals surface area contributed by atoms with E-state index in [1.165, 1.54) is 12.1 Å². The summed E-state index contributed by atoms with van der Waals surface area (Å²) in [6.45, 7) is -0.235. The predicted octanol–water partition coefficient (Wildman–Crippen LogP) is 3.47. The van der Waals surface area contributed by atoms with E-state index < -0.39 is 0 Å². The Hall–Kier alpha value is -1.96. The van der Waals surface area contributed by atoms with Crippen LogP contribution < -0.4 is 4.74 Å². The van der Waals surface area contributed by atoms with E-state index in [4.69, 9.17) is 9.84 Å². The van der Waals surface area contributed by atoms with E-state index in [2.05, 4.69) is 11.8 Å². The van der Waals surface area contributed by atoms with Crippen molar-refractivity contribution in [2.24, 2.45) is 0 Å². The van der Waals surface area contributed by atoms with Gasteiger partial charge in [0, 0.05) is 16.2 Å². The maximum Gasteiger partial charge on any atom is 0.124 e. The Balaban J connectivity index is 2.11. The first kappa shape index (κ1) is 15.4. The monoisotopic (exact) mass is 302 g/mol. The van der Waals surface area contributed by atoms with Gasteiger partial charge in [-0.25, -0.2) is 4.39 Å². The first-order valence-corrected chi connectivity index (χ1v) is 7.36. The quantitative estimate of drug-likeness (QED) is 0.693. The molecular formula is C17H15FO2S. The van der Waals surface area contributed by atoms with Gasteiger partial charge >= 0.3 is 0 Å². The van der Waals surface area contributed by atoms with Crippen LogP contribution in [-0.4, -0.2) is 18.8 Å². The van der Waals surface area contributed by atoms with Gasteiger partial charge in [0.15, 0.2) is 0 Å². The molecule has 0 spiro atoms. The summed E-state index contributed by atoms with van der Waals surface area (Å²) in [5.41, 5.74) is 1.56. The normalized spacial score (nSPS) is 9.86. The molecule has 1 N–H and O–H groups in total. The van der Waals surface area contributed by atoms with Crippen LogP contribution in [0.5, 0.6) is 5.75 Å². The van der Waals surface area contributed by atoms with Crippen molar-refractivity contribution in [1.29, 1.82) is 0 Å². The summed E-state index contributed by atoms with van der Waals surface area (Å²) in [7, 11) is 1.63. The minimum Gasteiger partial charge on any atom is -0.497 e. The number of aliphatic hydroxyl groups excluding tert-OH is 1. The molecule has 0 aromatic heterocycles. The highest BCUT2D eigenvalue weighted by Gasteiger charge is 2.04. The maximum absolute atomic E-state index is 13.3. The third-order valence-corrected chi connectivity index (χ3v) is 3.89. The minimum absolute atomic E-state index is 0.235. The van der Waals surface area contributed by atoms with Crippen molar-refractivity contribution in [3.05, 3.63) is 59.4 Å². The Morgan fingerprint density at radius 3 is 2.62 bits per heavy atom. The molecule has 21 heavy (non-hydrogen) atoms. The molecule has 0 saturated heterocycles. The van der Waals surface area contributed by atoms with Crippen LogP contribution in [0.1, 0.15) is 11.1 Å². The van der Waals surface area contributed by atoms with Crippen LogP contribution in [0, 0.1) is 17.7 Å². The second-order valence-electron chi connectivity index (χ2n) is 4.23. The van der Waals surface area contributed by atoms with Crippen molar-refractivity contribution in [2.45, 2.75) is 10.6 Å². The molecule has 0 amide bonds. The number of aliphatic hydroxyl groups is 1. The highest BCUT2D eigenvalue weighted by Crippen LogP contribution is 2.26. The van der Waals surface area contributed by atoms with E-state index >= 15 is 0 Å². The van der Waals surface area contributed by atoms with Crippen molar-refractivity contribution < 1.29 is 14.2 Å². The molecule has 0 aliphatic heterocycles. The van der Waals surface area contributed by atoms with Crippen LogP contribution in [0.25, 0.3) is 0 Å². The second kappa shape index (κ2) is 7.72. The number of thioether (sulfide) groups is 1. The van der Waals surface area contributed by atoms with Crippen LogP contribution in [-0.2, 0) is 5.75 Å². The van der Waals surface area contributed by atoms with E-state index in [9.17, 15) is 4.39 Å². The van der Waals surface area contributed by atoms with Gasteiger partial charge in [0.1, 0.15) is 18.2 Å². The van der Waals surface area contributed by atoms with Gasteiger partial charge in [-0.05, 0) is 42.0 Å². The van der Waals surface area contributed by atoms with E-state index in [1.807, 2.05) is 24.3 Å². The van der Waals surface area contributed by atoms with Crippen LogP contribution in [0.4, 0.5) is 4.39 Å².